The fourth-order valence-corrected chi connectivity index (χ4v) is 3.14. The molecule has 3 rings (SSSR count). The van der Waals surface area contributed by atoms with E-state index in [1.165, 1.54) is 32.1 Å². The van der Waals surface area contributed by atoms with Crippen molar-refractivity contribution in [1.82, 2.24) is 20.4 Å². The van der Waals surface area contributed by atoms with Gasteiger partial charge in [-0.2, -0.15) is 5.10 Å². The van der Waals surface area contributed by atoms with E-state index in [-0.39, 0.29) is 6.03 Å². The highest BCUT2D eigenvalue weighted by Crippen LogP contribution is 2.56. The van der Waals surface area contributed by atoms with Gasteiger partial charge < -0.3 is 10.2 Å². The number of carbonyl (C=O) groups excluding carboxylic acids is 1. The number of rotatable bonds is 5. The Kier molecular flexibility index (Phi) is 3.21. The Balaban J connectivity index is 1.48. The van der Waals surface area contributed by atoms with Gasteiger partial charge in [0.2, 0.25) is 0 Å². The summed E-state index contributed by atoms with van der Waals surface area (Å²) in [5.74, 6) is 0.875. The molecule has 0 unspecified atom stereocenters. The van der Waals surface area contributed by atoms with Crippen LogP contribution in [0.2, 0.25) is 0 Å². The van der Waals surface area contributed by atoms with Crippen molar-refractivity contribution in [2.75, 3.05) is 13.6 Å². The molecule has 0 atom stereocenters. The average molecular weight is 262 g/mol. The molecule has 0 bridgehead atoms. The summed E-state index contributed by atoms with van der Waals surface area (Å²) in [7, 11) is 1.82. The number of amides is 2. The number of hydrogen-bond acceptors (Lipinski definition) is 2. The lowest BCUT2D eigenvalue weighted by Crippen LogP contribution is -2.47. The summed E-state index contributed by atoms with van der Waals surface area (Å²) in [6.07, 6.45) is 8.35. The van der Waals surface area contributed by atoms with E-state index in [9.17, 15) is 4.79 Å². The van der Waals surface area contributed by atoms with Gasteiger partial charge in [-0.05, 0) is 43.1 Å². The van der Waals surface area contributed by atoms with Gasteiger partial charge >= 0.3 is 6.03 Å². The largest absolute Gasteiger partial charge is 0.337 e. The summed E-state index contributed by atoms with van der Waals surface area (Å²) in [6, 6.07) is 1.91. The molecule has 104 valence electrons. The lowest BCUT2D eigenvalue weighted by atomic mass is 9.65. The fraction of sp³-hybridized carbons (Fsp3) is 0.714. The molecule has 5 heteroatoms. The standard InChI is InChI=1S/C14H22N4O/c1-18(9-12-5-8-16-17-12)13(19)15-10-14(6-2-7-14)11-3-4-11/h5,8,11H,2-4,6-7,9-10H2,1H3,(H,15,19)(H,16,17). The van der Waals surface area contributed by atoms with Crippen LogP contribution in [-0.4, -0.2) is 34.7 Å². The Morgan fingerprint density at radius 1 is 1.58 bits per heavy atom. The summed E-state index contributed by atoms with van der Waals surface area (Å²) in [6.45, 7) is 1.42. The molecular formula is C14H22N4O. The third-order valence-corrected chi connectivity index (χ3v) is 4.70. The van der Waals surface area contributed by atoms with Crippen molar-refractivity contribution < 1.29 is 4.79 Å². The van der Waals surface area contributed by atoms with Crippen molar-refractivity contribution in [3.63, 3.8) is 0 Å². The first-order valence-electron chi connectivity index (χ1n) is 7.17. The lowest BCUT2D eigenvalue weighted by Gasteiger charge is -2.43. The van der Waals surface area contributed by atoms with E-state index < -0.39 is 0 Å². The second-order valence-electron chi connectivity index (χ2n) is 6.09. The predicted octanol–water partition coefficient (Wildman–Crippen LogP) is 2.13. The van der Waals surface area contributed by atoms with Crippen LogP contribution in [0, 0.1) is 11.3 Å². The second kappa shape index (κ2) is 4.87. The molecule has 2 aliphatic carbocycles. The third kappa shape index (κ3) is 2.60. The van der Waals surface area contributed by atoms with Crippen molar-refractivity contribution in [3.8, 4) is 0 Å². The molecule has 19 heavy (non-hydrogen) atoms. The molecule has 5 nitrogen and oxygen atoms in total. The van der Waals surface area contributed by atoms with Crippen LogP contribution in [0.4, 0.5) is 4.79 Å². The molecular weight excluding hydrogens is 240 g/mol. The maximum atomic E-state index is 12.1. The zero-order chi connectivity index (χ0) is 13.3. The molecule has 1 aromatic heterocycles. The first kappa shape index (κ1) is 12.5. The minimum atomic E-state index is 0.0153. The Hall–Kier alpha value is -1.52. The Labute approximate surface area is 113 Å². The predicted molar refractivity (Wildman–Crippen MR) is 72.5 cm³/mol. The van der Waals surface area contributed by atoms with Crippen LogP contribution in [-0.2, 0) is 6.54 Å². The zero-order valence-electron chi connectivity index (χ0n) is 11.5. The number of aromatic nitrogens is 2. The molecule has 2 amide bonds. The molecule has 0 spiro atoms. The van der Waals surface area contributed by atoms with Gasteiger partial charge in [-0.25, -0.2) is 4.79 Å². The first-order chi connectivity index (χ1) is 9.20. The van der Waals surface area contributed by atoms with Crippen LogP contribution in [0.15, 0.2) is 12.3 Å². The van der Waals surface area contributed by atoms with E-state index in [2.05, 4.69) is 15.5 Å². The fourth-order valence-electron chi connectivity index (χ4n) is 3.14. The SMILES string of the molecule is CN(Cc1ccn[nH]1)C(=O)NCC1(C2CC2)CCC1. The molecule has 0 saturated heterocycles. The quantitative estimate of drug-likeness (QED) is 0.854. The van der Waals surface area contributed by atoms with Gasteiger partial charge in [0.05, 0.1) is 12.2 Å². The first-order valence-corrected chi connectivity index (χ1v) is 7.17. The van der Waals surface area contributed by atoms with Gasteiger partial charge in [-0.3, -0.25) is 5.10 Å². The highest BCUT2D eigenvalue weighted by Gasteiger charge is 2.48. The van der Waals surface area contributed by atoms with Crippen LogP contribution in [0.25, 0.3) is 0 Å². The number of hydrogen-bond donors (Lipinski definition) is 2. The second-order valence-corrected chi connectivity index (χ2v) is 6.09. The Bertz CT molecular complexity index is 434. The van der Waals surface area contributed by atoms with E-state index in [4.69, 9.17) is 0 Å². The normalized spacial score (nSPS) is 20.7. The monoisotopic (exact) mass is 262 g/mol. The molecule has 1 heterocycles. The van der Waals surface area contributed by atoms with Crippen LogP contribution >= 0.6 is 0 Å². The van der Waals surface area contributed by atoms with Crippen molar-refractivity contribution in [2.45, 2.75) is 38.6 Å². The summed E-state index contributed by atoms with van der Waals surface area (Å²) >= 11 is 0. The van der Waals surface area contributed by atoms with Gasteiger partial charge in [0, 0.05) is 19.8 Å². The number of nitrogens with zero attached hydrogens (tertiary/aromatic N) is 2. The minimum Gasteiger partial charge on any atom is -0.337 e. The molecule has 0 aliphatic heterocycles. The number of aromatic amines is 1. The molecule has 0 aromatic carbocycles. The van der Waals surface area contributed by atoms with E-state index in [0.717, 1.165) is 18.2 Å². The van der Waals surface area contributed by atoms with Crippen LogP contribution in [0.1, 0.15) is 37.8 Å². The number of nitrogens with one attached hydrogen (secondary N) is 2. The average Bonchev–Trinajstić information content (AvgIpc) is 3.06. The summed E-state index contributed by atoms with van der Waals surface area (Å²) in [4.78, 5) is 13.8. The molecule has 2 saturated carbocycles. The smallest absolute Gasteiger partial charge is 0.317 e. The van der Waals surface area contributed by atoms with Crippen molar-refractivity contribution >= 4 is 6.03 Å². The van der Waals surface area contributed by atoms with Crippen molar-refractivity contribution in [2.24, 2.45) is 11.3 Å². The topological polar surface area (TPSA) is 61.0 Å². The number of urea groups is 1. The highest BCUT2D eigenvalue weighted by molar-refractivity contribution is 5.73. The maximum Gasteiger partial charge on any atom is 0.317 e. The van der Waals surface area contributed by atoms with Crippen molar-refractivity contribution in [3.05, 3.63) is 18.0 Å². The van der Waals surface area contributed by atoms with Crippen LogP contribution < -0.4 is 5.32 Å². The van der Waals surface area contributed by atoms with Gasteiger partial charge in [0.25, 0.3) is 0 Å². The maximum absolute atomic E-state index is 12.1. The van der Waals surface area contributed by atoms with Gasteiger partial charge in [-0.15, -0.1) is 0 Å². The van der Waals surface area contributed by atoms with E-state index in [1.807, 2.05) is 13.1 Å². The third-order valence-electron chi connectivity index (χ3n) is 4.70. The number of H-pyrrole nitrogens is 1. The number of carbonyl (C=O) groups is 1. The summed E-state index contributed by atoms with van der Waals surface area (Å²) in [5, 5.41) is 9.88. The molecule has 2 N–H and O–H groups in total. The highest BCUT2D eigenvalue weighted by atomic mass is 16.2. The van der Waals surface area contributed by atoms with Crippen LogP contribution in [0.3, 0.4) is 0 Å². The molecule has 2 aliphatic rings. The van der Waals surface area contributed by atoms with E-state index in [0.29, 0.717) is 12.0 Å². The molecule has 1 aromatic rings. The zero-order valence-corrected chi connectivity index (χ0v) is 11.5. The molecule has 2 fully saturated rings. The summed E-state index contributed by atoms with van der Waals surface area (Å²) in [5.41, 5.74) is 1.39. The minimum absolute atomic E-state index is 0.0153. The van der Waals surface area contributed by atoms with Gasteiger partial charge in [0.1, 0.15) is 0 Å². The van der Waals surface area contributed by atoms with E-state index >= 15 is 0 Å². The van der Waals surface area contributed by atoms with Gasteiger partial charge in [0.15, 0.2) is 0 Å². The van der Waals surface area contributed by atoms with E-state index in [1.54, 1.807) is 11.1 Å². The molecule has 0 radical (unpaired) electrons. The Morgan fingerprint density at radius 3 is 2.89 bits per heavy atom. The Morgan fingerprint density at radius 2 is 2.37 bits per heavy atom. The summed E-state index contributed by atoms with van der Waals surface area (Å²) < 4.78 is 0. The van der Waals surface area contributed by atoms with Gasteiger partial charge in [-0.1, -0.05) is 6.42 Å². The van der Waals surface area contributed by atoms with Crippen molar-refractivity contribution in [1.29, 1.82) is 0 Å². The lowest BCUT2D eigenvalue weighted by molar-refractivity contribution is 0.0986. The van der Waals surface area contributed by atoms with Crippen LogP contribution in [0.5, 0.6) is 0 Å².